The molecule has 0 aliphatic heterocycles. The van der Waals surface area contributed by atoms with Gasteiger partial charge in [-0.25, -0.2) is 0 Å². The number of fused-ring (bicyclic) bond motifs is 1. The number of nitrogens with one attached hydrogen (secondary N) is 1. The summed E-state index contributed by atoms with van der Waals surface area (Å²) in [4.78, 5) is 37.2. The molecule has 8 heteroatoms. The van der Waals surface area contributed by atoms with Crippen LogP contribution in [0.4, 0.5) is 5.82 Å². The van der Waals surface area contributed by atoms with E-state index in [1.165, 1.54) is 11.1 Å². The van der Waals surface area contributed by atoms with Crippen LogP contribution in [0.25, 0.3) is 0 Å². The molecule has 1 amide bonds. The van der Waals surface area contributed by atoms with E-state index in [2.05, 4.69) is 11.4 Å². The summed E-state index contributed by atoms with van der Waals surface area (Å²) in [6.45, 7) is 3.48. The van der Waals surface area contributed by atoms with Gasteiger partial charge >= 0.3 is 5.97 Å². The molecule has 0 saturated heterocycles. The van der Waals surface area contributed by atoms with Crippen LogP contribution in [0.15, 0.2) is 41.0 Å². The van der Waals surface area contributed by atoms with E-state index in [9.17, 15) is 19.6 Å². The Kier molecular flexibility index (Phi) is 7.16. The number of Topliss-reactive ketones (excluding diaryl/α,β-unsaturated/α-hetero) is 1. The third kappa shape index (κ3) is 5.35. The summed E-state index contributed by atoms with van der Waals surface area (Å²) in [5, 5.41) is 12.3. The second-order valence-electron chi connectivity index (χ2n) is 8.68. The van der Waals surface area contributed by atoms with Gasteiger partial charge in [-0.05, 0) is 68.0 Å². The summed E-state index contributed by atoms with van der Waals surface area (Å²) in [5.41, 5.74) is 4.99. The maximum atomic E-state index is 12.5. The molecular formula is C27H27N3O5. The number of carbonyl (C=O) groups excluding carboxylic acids is 3. The van der Waals surface area contributed by atoms with Gasteiger partial charge in [0.15, 0.2) is 12.4 Å². The Hall–Kier alpha value is -4.12. The van der Waals surface area contributed by atoms with Gasteiger partial charge in [0.05, 0.1) is 24.8 Å². The lowest BCUT2D eigenvalue weighted by molar-refractivity contribution is -0.147. The van der Waals surface area contributed by atoms with Gasteiger partial charge in [-0.15, -0.1) is 0 Å². The first-order chi connectivity index (χ1) is 16.9. The zero-order valence-corrected chi connectivity index (χ0v) is 19.8. The quantitative estimate of drug-likeness (QED) is 0.367. The van der Waals surface area contributed by atoms with Crippen LogP contribution in [0.3, 0.4) is 0 Å². The fourth-order valence-electron chi connectivity index (χ4n) is 4.38. The monoisotopic (exact) mass is 473 g/mol. The van der Waals surface area contributed by atoms with Crippen molar-refractivity contribution in [3.63, 3.8) is 0 Å². The van der Waals surface area contributed by atoms with E-state index in [-0.39, 0.29) is 18.6 Å². The molecule has 0 spiro atoms. The first kappa shape index (κ1) is 24.0. The number of nitrogens with zero attached hydrogens (tertiary/aromatic N) is 2. The maximum Gasteiger partial charge on any atom is 0.306 e. The van der Waals surface area contributed by atoms with E-state index >= 15 is 0 Å². The first-order valence-corrected chi connectivity index (χ1v) is 11.6. The van der Waals surface area contributed by atoms with Crippen LogP contribution >= 0.6 is 0 Å². The van der Waals surface area contributed by atoms with E-state index in [1.807, 2.05) is 19.1 Å². The molecule has 1 aliphatic carbocycles. The van der Waals surface area contributed by atoms with Gasteiger partial charge in [0.2, 0.25) is 0 Å². The molecular weight excluding hydrogens is 446 g/mol. The number of hydrogen-bond donors (Lipinski definition) is 1. The normalized spacial score (nSPS) is 12.1. The molecule has 2 heterocycles. The number of rotatable bonds is 9. The number of aryl methyl sites for hydroxylation is 2. The van der Waals surface area contributed by atoms with Crippen molar-refractivity contribution in [3.05, 3.63) is 75.9 Å². The Bertz CT molecular complexity index is 1310. The molecule has 0 fully saturated rings. The van der Waals surface area contributed by atoms with Crippen LogP contribution in [0.5, 0.6) is 0 Å². The van der Waals surface area contributed by atoms with E-state index in [0.29, 0.717) is 29.2 Å². The van der Waals surface area contributed by atoms with Gasteiger partial charge in [0.25, 0.3) is 5.91 Å². The number of nitriles is 1. The number of amides is 1. The van der Waals surface area contributed by atoms with Crippen LogP contribution in [0.1, 0.15) is 63.3 Å². The van der Waals surface area contributed by atoms with Gasteiger partial charge in [-0.3, -0.25) is 14.4 Å². The van der Waals surface area contributed by atoms with E-state index < -0.39 is 18.5 Å². The number of aromatic nitrogens is 1. The van der Waals surface area contributed by atoms with Gasteiger partial charge in [-0.2, -0.15) is 5.26 Å². The minimum Gasteiger partial charge on any atom is -0.467 e. The summed E-state index contributed by atoms with van der Waals surface area (Å²) in [7, 11) is 0. The number of carbonyl (C=O) groups is 3. The van der Waals surface area contributed by atoms with Gasteiger partial charge in [0.1, 0.15) is 17.6 Å². The number of ether oxygens (including phenoxy) is 1. The third-order valence-electron chi connectivity index (χ3n) is 6.43. The second-order valence-corrected chi connectivity index (χ2v) is 8.68. The Labute approximate surface area is 203 Å². The molecule has 3 aromatic rings. The predicted molar refractivity (Wildman–Crippen MR) is 128 cm³/mol. The lowest BCUT2D eigenvalue weighted by atomic mass is 10.0. The van der Waals surface area contributed by atoms with Crippen LogP contribution < -0.4 is 5.32 Å². The largest absolute Gasteiger partial charge is 0.467 e. The van der Waals surface area contributed by atoms with Crippen molar-refractivity contribution in [2.75, 3.05) is 11.9 Å². The van der Waals surface area contributed by atoms with Gasteiger partial charge < -0.3 is 19.0 Å². The van der Waals surface area contributed by atoms with Crippen molar-refractivity contribution < 1.29 is 23.5 Å². The molecule has 35 heavy (non-hydrogen) atoms. The summed E-state index contributed by atoms with van der Waals surface area (Å²) < 4.78 is 12.3. The molecule has 1 aromatic carbocycles. The van der Waals surface area contributed by atoms with Crippen molar-refractivity contribution in [2.45, 2.75) is 52.5 Å². The highest BCUT2D eigenvalue weighted by Gasteiger charge is 2.21. The highest BCUT2D eigenvalue weighted by atomic mass is 16.5. The molecule has 8 nitrogen and oxygen atoms in total. The number of ketones is 1. The topological polar surface area (TPSA) is 114 Å². The second kappa shape index (κ2) is 10.4. The maximum absolute atomic E-state index is 12.5. The van der Waals surface area contributed by atoms with Crippen molar-refractivity contribution in [2.24, 2.45) is 0 Å². The number of furan rings is 1. The molecule has 0 unspecified atom stereocenters. The Morgan fingerprint density at radius 3 is 2.69 bits per heavy atom. The predicted octanol–water partition coefficient (Wildman–Crippen LogP) is 4.25. The van der Waals surface area contributed by atoms with Crippen LogP contribution in [0.2, 0.25) is 0 Å². The fourth-order valence-corrected chi connectivity index (χ4v) is 4.38. The average Bonchev–Trinajstić information content (AvgIpc) is 3.59. The molecule has 0 atom stereocenters. The zero-order valence-electron chi connectivity index (χ0n) is 19.8. The van der Waals surface area contributed by atoms with Crippen molar-refractivity contribution >= 4 is 23.5 Å². The average molecular weight is 474 g/mol. The van der Waals surface area contributed by atoms with E-state index in [1.54, 1.807) is 36.0 Å². The fraction of sp³-hybridized carbons (Fsp3) is 0.333. The molecule has 0 saturated carbocycles. The number of hydrogen-bond acceptors (Lipinski definition) is 6. The third-order valence-corrected chi connectivity index (χ3v) is 6.43. The smallest absolute Gasteiger partial charge is 0.306 e. The Balaban J connectivity index is 1.32. The Morgan fingerprint density at radius 1 is 1.14 bits per heavy atom. The highest BCUT2D eigenvalue weighted by Crippen LogP contribution is 2.27. The lowest BCUT2D eigenvalue weighted by Crippen LogP contribution is -2.23. The summed E-state index contributed by atoms with van der Waals surface area (Å²) in [5.74, 6) is -0.331. The number of esters is 1. The first-order valence-electron chi connectivity index (χ1n) is 11.6. The standard InChI is InChI=1S/C27H27N3O5/c1-17-18(2)30(15-22-7-4-12-34-22)27(23(17)14-28)29-25(32)16-35-26(33)11-10-24(31)21-9-8-19-5-3-6-20(19)13-21/h4,7-9,12-13H,3,5-6,10-11,15-16H2,1-2H3,(H,29,32). The summed E-state index contributed by atoms with van der Waals surface area (Å²) in [6, 6.07) is 11.4. The van der Waals surface area contributed by atoms with Crippen molar-refractivity contribution in [1.82, 2.24) is 4.57 Å². The minimum absolute atomic E-state index is 0.0161. The van der Waals surface area contributed by atoms with E-state index in [4.69, 9.17) is 9.15 Å². The lowest BCUT2D eigenvalue weighted by Gasteiger charge is -2.12. The molecule has 2 aromatic heterocycles. The molecule has 4 rings (SSSR count). The number of benzene rings is 1. The minimum atomic E-state index is -0.631. The Morgan fingerprint density at radius 2 is 1.94 bits per heavy atom. The number of anilines is 1. The molecule has 1 N–H and O–H groups in total. The van der Waals surface area contributed by atoms with E-state index in [0.717, 1.165) is 30.5 Å². The van der Waals surface area contributed by atoms with Gasteiger partial charge in [-0.1, -0.05) is 12.1 Å². The van der Waals surface area contributed by atoms with Gasteiger partial charge in [0, 0.05) is 17.7 Å². The molecule has 1 aliphatic rings. The highest BCUT2D eigenvalue weighted by molar-refractivity contribution is 5.98. The molecule has 0 bridgehead atoms. The molecule has 0 radical (unpaired) electrons. The van der Waals surface area contributed by atoms with Crippen molar-refractivity contribution in [1.29, 1.82) is 5.26 Å². The van der Waals surface area contributed by atoms with Crippen molar-refractivity contribution in [3.8, 4) is 6.07 Å². The summed E-state index contributed by atoms with van der Waals surface area (Å²) in [6.07, 6.45) is 4.58. The van der Waals surface area contributed by atoms with Crippen LogP contribution in [-0.4, -0.2) is 28.8 Å². The van der Waals surface area contributed by atoms with Crippen LogP contribution in [0, 0.1) is 25.2 Å². The summed E-state index contributed by atoms with van der Waals surface area (Å²) >= 11 is 0. The zero-order chi connectivity index (χ0) is 24.9. The van der Waals surface area contributed by atoms with Crippen LogP contribution in [-0.2, 0) is 33.7 Å². The molecule has 180 valence electrons. The SMILES string of the molecule is Cc1c(C#N)c(NC(=O)COC(=O)CCC(=O)c2ccc3c(c2)CCC3)n(Cc2ccco2)c1C.